The van der Waals surface area contributed by atoms with Gasteiger partial charge in [-0.15, -0.1) is 0 Å². The first kappa shape index (κ1) is 10.5. The Kier molecular flexibility index (Phi) is 3.72. The maximum atomic E-state index is 9.08. The molecule has 0 saturated carbocycles. The van der Waals surface area contributed by atoms with Gasteiger partial charge in [-0.1, -0.05) is 6.42 Å². The molecule has 0 aromatic rings. The fraction of sp³-hybridized carbons (Fsp3) is 0.900. The summed E-state index contributed by atoms with van der Waals surface area (Å²) < 4.78 is 0. The third kappa shape index (κ3) is 3.77. The smallest absolute Gasteiger partial charge is 0.0967 e. The molecule has 0 unspecified atom stereocenters. The van der Waals surface area contributed by atoms with E-state index in [0.717, 1.165) is 18.8 Å². The van der Waals surface area contributed by atoms with Crippen molar-refractivity contribution in [1.29, 1.82) is 0 Å². The Labute approximate surface area is 80.3 Å². The van der Waals surface area contributed by atoms with Crippen molar-refractivity contribution >= 4 is 5.84 Å². The zero-order valence-corrected chi connectivity index (χ0v) is 8.64. The Morgan fingerprint density at radius 1 is 1.38 bits per heavy atom. The van der Waals surface area contributed by atoms with Crippen molar-refractivity contribution in [2.45, 2.75) is 45.1 Å². The average Bonchev–Trinajstić information content (AvgIpc) is 2.32. The van der Waals surface area contributed by atoms with Crippen molar-refractivity contribution in [2.24, 2.45) is 4.99 Å². The van der Waals surface area contributed by atoms with Crippen LogP contribution in [0.25, 0.3) is 0 Å². The molecule has 3 heteroatoms. The minimum atomic E-state index is -0.233. The van der Waals surface area contributed by atoms with E-state index in [1.165, 1.54) is 19.3 Å². The van der Waals surface area contributed by atoms with Crippen LogP contribution in [0, 0.1) is 0 Å². The summed E-state index contributed by atoms with van der Waals surface area (Å²) in [6.07, 6.45) is 4.72. The molecule has 0 saturated heterocycles. The number of nitrogens with zero attached hydrogens (tertiary/aromatic N) is 1. The predicted octanol–water partition coefficient (Wildman–Crippen LogP) is 1.32. The molecule has 1 heterocycles. The summed E-state index contributed by atoms with van der Waals surface area (Å²) in [6.45, 7) is 5.05. The van der Waals surface area contributed by atoms with Crippen molar-refractivity contribution in [1.82, 2.24) is 5.32 Å². The number of aliphatic imine (C=N–C) groups is 1. The normalized spacial score (nSPS) is 19.2. The lowest BCUT2D eigenvalue weighted by molar-refractivity contribution is 0.205. The molecule has 0 spiro atoms. The summed E-state index contributed by atoms with van der Waals surface area (Å²) in [7, 11) is 0. The van der Waals surface area contributed by atoms with Gasteiger partial charge < -0.3 is 10.4 Å². The van der Waals surface area contributed by atoms with Gasteiger partial charge in [0.05, 0.1) is 18.0 Å². The number of rotatable bonds is 2. The molecular formula is C10H20N2O. The van der Waals surface area contributed by atoms with E-state index in [4.69, 9.17) is 5.11 Å². The number of aliphatic hydroxyl groups excluding tert-OH is 1. The standard InChI is InChI=1S/C10H20N2O/c1-10(2,8-13)12-9-6-4-3-5-7-11-9/h13H,3-8H2,1-2H3,(H,11,12). The van der Waals surface area contributed by atoms with E-state index in [1.54, 1.807) is 0 Å². The fourth-order valence-corrected chi connectivity index (χ4v) is 1.41. The van der Waals surface area contributed by atoms with E-state index in [-0.39, 0.29) is 12.1 Å². The van der Waals surface area contributed by atoms with E-state index in [2.05, 4.69) is 10.3 Å². The topological polar surface area (TPSA) is 44.6 Å². The zero-order chi connectivity index (χ0) is 9.73. The van der Waals surface area contributed by atoms with Gasteiger partial charge in [0.25, 0.3) is 0 Å². The summed E-state index contributed by atoms with van der Waals surface area (Å²) in [6, 6.07) is 0. The van der Waals surface area contributed by atoms with E-state index in [9.17, 15) is 0 Å². The second-order valence-electron chi connectivity index (χ2n) is 4.31. The predicted molar refractivity (Wildman–Crippen MR) is 55.1 cm³/mol. The lowest BCUT2D eigenvalue weighted by Crippen LogP contribution is -2.46. The quantitative estimate of drug-likeness (QED) is 0.680. The molecule has 0 radical (unpaired) electrons. The number of hydrogen-bond acceptors (Lipinski definition) is 3. The monoisotopic (exact) mass is 184 g/mol. The van der Waals surface area contributed by atoms with Crippen molar-refractivity contribution < 1.29 is 5.11 Å². The van der Waals surface area contributed by atoms with Gasteiger partial charge in [0.15, 0.2) is 0 Å². The first-order chi connectivity index (χ1) is 6.14. The summed E-state index contributed by atoms with van der Waals surface area (Å²) in [5.74, 6) is 1.07. The average molecular weight is 184 g/mol. The maximum absolute atomic E-state index is 9.08. The molecule has 76 valence electrons. The van der Waals surface area contributed by atoms with Gasteiger partial charge in [-0.25, -0.2) is 0 Å². The molecule has 2 N–H and O–H groups in total. The minimum Gasteiger partial charge on any atom is -0.394 e. The molecule has 13 heavy (non-hydrogen) atoms. The highest BCUT2D eigenvalue weighted by atomic mass is 16.3. The Bertz CT molecular complexity index is 187. The van der Waals surface area contributed by atoms with Crippen molar-refractivity contribution in [2.75, 3.05) is 13.2 Å². The van der Waals surface area contributed by atoms with E-state index in [1.807, 2.05) is 13.8 Å². The number of nitrogens with one attached hydrogen (secondary N) is 1. The van der Waals surface area contributed by atoms with E-state index < -0.39 is 0 Å². The van der Waals surface area contributed by atoms with Crippen LogP contribution in [0.15, 0.2) is 4.99 Å². The van der Waals surface area contributed by atoms with Gasteiger partial charge in [-0.05, 0) is 26.7 Å². The fourth-order valence-electron chi connectivity index (χ4n) is 1.41. The van der Waals surface area contributed by atoms with Crippen molar-refractivity contribution in [3.63, 3.8) is 0 Å². The SMILES string of the molecule is CC(C)(CO)NC1=NCCCCC1. The Hall–Kier alpha value is -0.570. The van der Waals surface area contributed by atoms with Crippen LogP contribution in [0.1, 0.15) is 39.5 Å². The Balaban J connectivity index is 2.46. The number of amidine groups is 1. The molecule has 1 aliphatic heterocycles. The first-order valence-corrected chi connectivity index (χ1v) is 5.06. The molecular weight excluding hydrogens is 164 g/mol. The Morgan fingerprint density at radius 3 is 2.85 bits per heavy atom. The van der Waals surface area contributed by atoms with E-state index in [0.29, 0.717) is 0 Å². The number of hydrogen-bond donors (Lipinski definition) is 2. The minimum absolute atomic E-state index is 0.145. The maximum Gasteiger partial charge on any atom is 0.0967 e. The molecule has 0 atom stereocenters. The summed E-state index contributed by atoms with van der Waals surface area (Å²) in [5, 5.41) is 12.4. The van der Waals surface area contributed by atoms with Gasteiger partial charge in [0.1, 0.15) is 0 Å². The van der Waals surface area contributed by atoms with Crippen LogP contribution in [0.5, 0.6) is 0 Å². The van der Waals surface area contributed by atoms with Gasteiger partial charge in [0, 0.05) is 13.0 Å². The largest absolute Gasteiger partial charge is 0.394 e. The summed E-state index contributed by atoms with van der Waals surface area (Å²) >= 11 is 0. The van der Waals surface area contributed by atoms with Gasteiger partial charge >= 0.3 is 0 Å². The highest BCUT2D eigenvalue weighted by Crippen LogP contribution is 2.09. The molecule has 0 bridgehead atoms. The first-order valence-electron chi connectivity index (χ1n) is 5.06. The van der Waals surface area contributed by atoms with Crippen LogP contribution in [-0.4, -0.2) is 29.6 Å². The molecule has 1 aliphatic rings. The summed E-state index contributed by atoms with van der Waals surface area (Å²) in [5.41, 5.74) is -0.233. The van der Waals surface area contributed by atoms with Crippen molar-refractivity contribution in [3.05, 3.63) is 0 Å². The molecule has 0 aromatic heterocycles. The molecule has 0 amide bonds. The third-order valence-corrected chi connectivity index (χ3v) is 2.25. The molecule has 0 fully saturated rings. The second kappa shape index (κ2) is 4.61. The molecule has 3 nitrogen and oxygen atoms in total. The molecule has 0 aliphatic carbocycles. The highest BCUT2D eigenvalue weighted by molar-refractivity contribution is 5.83. The van der Waals surface area contributed by atoms with Crippen LogP contribution in [0.3, 0.4) is 0 Å². The zero-order valence-electron chi connectivity index (χ0n) is 8.64. The van der Waals surface area contributed by atoms with Crippen LogP contribution in [-0.2, 0) is 0 Å². The third-order valence-electron chi connectivity index (χ3n) is 2.25. The van der Waals surface area contributed by atoms with Crippen LogP contribution >= 0.6 is 0 Å². The molecule has 1 rings (SSSR count). The second-order valence-corrected chi connectivity index (χ2v) is 4.31. The Morgan fingerprint density at radius 2 is 2.15 bits per heavy atom. The highest BCUT2D eigenvalue weighted by Gasteiger charge is 2.17. The summed E-state index contributed by atoms with van der Waals surface area (Å²) in [4.78, 5) is 4.45. The van der Waals surface area contributed by atoms with Gasteiger partial charge in [0.2, 0.25) is 0 Å². The van der Waals surface area contributed by atoms with Crippen LogP contribution < -0.4 is 5.32 Å². The molecule has 0 aromatic carbocycles. The lowest BCUT2D eigenvalue weighted by Gasteiger charge is -2.25. The lowest BCUT2D eigenvalue weighted by atomic mass is 10.1. The van der Waals surface area contributed by atoms with Gasteiger partial charge in [-0.3, -0.25) is 4.99 Å². The van der Waals surface area contributed by atoms with Gasteiger partial charge in [-0.2, -0.15) is 0 Å². The van der Waals surface area contributed by atoms with Crippen LogP contribution in [0.2, 0.25) is 0 Å². The van der Waals surface area contributed by atoms with Crippen molar-refractivity contribution in [3.8, 4) is 0 Å². The van der Waals surface area contributed by atoms with E-state index >= 15 is 0 Å². The van der Waals surface area contributed by atoms with Crippen LogP contribution in [0.4, 0.5) is 0 Å². The number of aliphatic hydroxyl groups is 1.